The molecule has 0 aliphatic carbocycles. The second-order valence-electron chi connectivity index (χ2n) is 4.89. The summed E-state index contributed by atoms with van der Waals surface area (Å²) in [6.07, 6.45) is 2.98. The van der Waals surface area contributed by atoms with Crippen molar-refractivity contribution in [2.75, 3.05) is 13.2 Å². The average molecular weight is 308 g/mol. The van der Waals surface area contributed by atoms with Crippen molar-refractivity contribution in [2.24, 2.45) is 0 Å². The van der Waals surface area contributed by atoms with E-state index in [-0.39, 0.29) is 23.8 Å². The molecular formula is C15H20N2O5. The van der Waals surface area contributed by atoms with Crippen molar-refractivity contribution in [1.29, 1.82) is 0 Å². The summed E-state index contributed by atoms with van der Waals surface area (Å²) >= 11 is 0. The summed E-state index contributed by atoms with van der Waals surface area (Å²) in [5, 5.41) is 13.4. The zero-order valence-corrected chi connectivity index (χ0v) is 12.8. The number of rotatable bonds is 8. The molecule has 7 nitrogen and oxygen atoms in total. The van der Waals surface area contributed by atoms with Crippen LogP contribution >= 0.6 is 0 Å². The van der Waals surface area contributed by atoms with E-state index >= 15 is 0 Å². The lowest BCUT2D eigenvalue weighted by molar-refractivity contribution is -0.385. The van der Waals surface area contributed by atoms with Gasteiger partial charge in [-0.15, -0.1) is 0 Å². The molecule has 1 rings (SSSR count). The van der Waals surface area contributed by atoms with Crippen LogP contribution in [-0.2, 0) is 9.53 Å². The second kappa shape index (κ2) is 8.76. The maximum absolute atomic E-state index is 11.8. The molecular weight excluding hydrogens is 288 g/mol. The summed E-state index contributed by atoms with van der Waals surface area (Å²) < 4.78 is 4.88. The normalized spacial score (nSPS) is 10.1. The van der Waals surface area contributed by atoms with Gasteiger partial charge in [-0.2, -0.15) is 0 Å². The highest BCUT2D eigenvalue weighted by atomic mass is 16.6. The van der Waals surface area contributed by atoms with Gasteiger partial charge in [-0.05, 0) is 25.5 Å². The van der Waals surface area contributed by atoms with Crippen LogP contribution in [0.15, 0.2) is 18.2 Å². The fourth-order valence-corrected chi connectivity index (χ4v) is 1.86. The largest absolute Gasteiger partial charge is 0.452 e. The Labute approximate surface area is 128 Å². The van der Waals surface area contributed by atoms with Gasteiger partial charge >= 0.3 is 5.97 Å². The first-order valence-corrected chi connectivity index (χ1v) is 7.14. The third-order valence-corrected chi connectivity index (χ3v) is 3.07. The SMILES string of the molecule is CCCCCNC(=O)COC(=O)c1ccc([N+](=O)[O-])c(C)c1. The van der Waals surface area contributed by atoms with Crippen molar-refractivity contribution in [3.8, 4) is 0 Å². The molecule has 0 spiro atoms. The highest BCUT2D eigenvalue weighted by molar-refractivity contribution is 5.91. The molecule has 0 aliphatic rings. The number of hydrogen-bond acceptors (Lipinski definition) is 5. The molecule has 0 aromatic heterocycles. The Kier molecular flexibility index (Phi) is 7.01. The van der Waals surface area contributed by atoms with Crippen LogP contribution in [0.3, 0.4) is 0 Å². The minimum atomic E-state index is -0.679. The zero-order valence-electron chi connectivity index (χ0n) is 12.8. The lowest BCUT2D eigenvalue weighted by Gasteiger charge is -2.07. The summed E-state index contributed by atoms with van der Waals surface area (Å²) in [6, 6.07) is 3.93. The molecule has 0 radical (unpaired) electrons. The van der Waals surface area contributed by atoms with Gasteiger partial charge in [-0.1, -0.05) is 19.8 Å². The predicted octanol–water partition coefficient (Wildman–Crippen LogP) is 2.37. The molecule has 0 saturated heterocycles. The maximum Gasteiger partial charge on any atom is 0.338 e. The number of ether oxygens (including phenoxy) is 1. The summed E-state index contributed by atoms with van der Waals surface area (Å²) in [5.41, 5.74) is 0.482. The molecule has 1 amide bonds. The number of nitro benzene ring substituents is 1. The Morgan fingerprint density at radius 2 is 2.05 bits per heavy atom. The fourth-order valence-electron chi connectivity index (χ4n) is 1.86. The predicted molar refractivity (Wildman–Crippen MR) is 80.7 cm³/mol. The second-order valence-corrected chi connectivity index (χ2v) is 4.89. The Bertz CT molecular complexity index is 557. The van der Waals surface area contributed by atoms with Gasteiger partial charge in [0.2, 0.25) is 0 Å². The first-order chi connectivity index (χ1) is 10.5. The lowest BCUT2D eigenvalue weighted by atomic mass is 10.1. The number of hydrogen-bond donors (Lipinski definition) is 1. The van der Waals surface area contributed by atoms with Gasteiger partial charge in [-0.3, -0.25) is 14.9 Å². The maximum atomic E-state index is 11.8. The standard InChI is InChI=1S/C15H20N2O5/c1-3-4-5-8-16-14(18)10-22-15(19)12-6-7-13(17(20)21)11(2)9-12/h6-7,9H,3-5,8,10H2,1-2H3,(H,16,18). The van der Waals surface area contributed by atoms with Crippen molar-refractivity contribution >= 4 is 17.6 Å². The molecule has 120 valence electrons. The van der Waals surface area contributed by atoms with Crippen molar-refractivity contribution in [3.05, 3.63) is 39.4 Å². The number of nitro groups is 1. The zero-order chi connectivity index (χ0) is 16.5. The van der Waals surface area contributed by atoms with Crippen LogP contribution in [-0.4, -0.2) is 30.0 Å². The number of amides is 1. The minimum Gasteiger partial charge on any atom is -0.452 e. The molecule has 0 aliphatic heterocycles. The highest BCUT2D eigenvalue weighted by Crippen LogP contribution is 2.19. The van der Waals surface area contributed by atoms with Crippen molar-refractivity contribution in [3.63, 3.8) is 0 Å². The van der Waals surface area contributed by atoms with Crippen LogP contribution < -0.4 is 5.32 Å². The molecule has 0 fully saturated rings. The molecule has 0 heterocycles. The highest BCUT2D eigenvalue weighted by Gasteiger charge is 2.15. The Morgan fingerprint density at radius 1 is 1.32 bits per heavy atom. The summed E-state index contributed by atoms with van der Waals surface area (Å²) in [6.45, 7) is 3.80. The number of benzene rings is 1. The van der Waals surface area contributed by atoms with E-state index in [1.165, 1.54) is 25.1 Å². The monoisotopic (exact) mass is 308 g/mol. The van der Waals surface area contributed by atoms with Gasteiger partial charge in [0.15, 0.2) is 6.61 Å². The van der Waals surface area contributed by atoms with E-state index in [0.717, 1.165) is 19.3 Å². The van der Waals surface area contributed by atoms with Crippen LogP contribution in [0.4, 0.5) is 5.69 Å². The first-order valence-electron chi connectivity index (χ1n) is 7.14. The molecule has 0 saturated carbocycles. The number of nitrogens with one attached hydrogen (secondary N) is 1. The van der Waals surface area contributed by atoms with E-state index < -0.39 is 10.9 Å². The number of aryl methyl sites for hydroxylation is 1. The number of esters is 1. The number of unbranched alkanes of at least 4 members (excludes halogenated alkanes) is 2. The van der Waals surface area contributed by atoms with Gasteiger partial charge in [0.05, 0.1) is 10.5 Å². The Morgan fingerprint density at radius 3 is 2.64 bits per heavy atom. The van der Waals surface area contributed by atoms with E-state index in [2.05, 4.69) is 12.2 Å². The van der Waals surface area contributed by atoms with Gasteiger partial charge in [0.25, 0.3) is 11.6 Å². The van der Waals surface area contributed by atoms with Gasteiger partial charge in [-0.25, -0.2) is 4.79 Å². The minimum absolute atomic E-state index is 0.0646. The molecule has 0 bridgehead atoms. The summed E-state index contributed by atoms with van der Waals surface area (Å²) in [7, 11) is 0. The summed E-state index contributed by atoms with van der Waals surface area (Å²) in [5.74, 6) is -1.04. The van der Waals surface area contributed by atoms with Gasteiger partial charge < -0.3 is 10.1 Å². The molecule has 7 heteroatoms. The molecule has 0 atom stereocenters. The van der Waals surface area contributed by atoms with Crippen molar-refractivity contribution < 1.29 is 19.2 Å². The molecule has 1 aromatic carbocycles. The van der Waals surface area contributed by atoms with E-state index in [9.17, 15) is 19.7 Å². The van der Waals surface area contributed by atoms with Crippen LogP contribution in [0.1, 0.15) is 42.1 Å². The fraction of sp³-hybridized carbons (Fsp3) is 0.467. The topological polar surface area (TPSA) is 98.5 Å². The molecule has 1 aromatic rings. The summed E-state index contributed by atoms with van der Waals surface area (Å²) in [4.78, 5) is 33.4. The lowest BCUT2D eigenvalue weighted by Crippen LogP contribution is -2.29. The molecule has 1 N–H and O–H groups in total. The molecule has 22 heavy (non-hydrogen) atoms. The quantitative estimate of drug-likeness (QED) is 0.344. The van der Waals surface area contributed by atoms with E-state index in [0.29, 0.717) is 12.1 Å². The van der Waals surface area contributed by atoms with Crippen LogP contribution in [0.25, 0.3) is 0 Å². The van der Waals surface area contributed by atoms with Gasteiger partial charge in [0, 0.05) is 18.2 Å². The Balaban J connectivity index is 2.47. The van der Waals surface area contributed by atoms with Crippen LogP contribution in [0.2, 0.25) is 0 Å². The van der Waals surface area contributed by atoms with E-state index in [1.54, 1.807) is 0 Å². The van der Waals surface area contributed by atoms with Crippen LogP contribution in [0.5, 0.6) is 0 Å². The van der Waals surface area contributed by atoms with E-state index in [4.69, 9.17) is 4.74 Å². The van der Waals surface area contributed by atoms with Gasteiger partial charge in [0.1, 0.15) is 0 Å². The van der Waals surface area contributed by atoms with Crippen molar-refractivity contribution in [1.82, 2.24) is 5.32 Å². The number of nitrogens with zero attached hydrogens (tertiary/aromatic N) is 1. The average Bonchev–Trinajstić information content (AvgIpc) is 2.48. The number of carbonyl (C=O) groups is 2. The van der Waals surface area contributed by atoms with E-state index in [1.807, 2.05) is 0 Å². The third kappa shape index (κ3) is 5.51. The Hall–Kier alpha value is -2.44. The smallest absolute Gasteiger partial charge is 0.338 e. The third-order valence-electron chi connectivity index (χ3n) is 3.07. The number of carbonyl (C=O) groups excluding carboxylic acids is 2. The van der Waals surface area contributed by atoms with Crippen molar-refractivity contribution in [2.45, 2.75) is 33.1 Å². The van der Waals surface area contributed by atoms with Crippen LogP contribution in [0, 0.1) is 17.0 Å². The first kappa shape index (κ1) is 17.6. The molecule has 0 unspecified atom stereocenters.